The number of amides is 1. The van der Waals surface area contributed by atoms with Crippen molar-refractivity contribution in [1.29, 1.82) is 0 Å². The highest BCUT2D eigenvalue weighted by Crippen LogP contribution is 2.68. The summed E-state index contributed by atoms with van der Waals surface area (Å²) in [6, 6.07) is 0. The van der Waals surface area contributed by atoms with Gasteiger partial charge < -0.3 is 20.6 Å². The second-order valence-electron chi connectivity index (χ2n) is 13.0. The summed E-state index contributed by atoms with van der Waals surface area (Å²) in [5, 5.41) is 33.4. The Morgan fingerprint density at radius 1 is 0.971 bits per heavy atom. The van der Waals surface area contributed by atoms with Crippen molar-refractivity contribution in [2.45, 2.75) is 104 Å². The van der Waals surface area contributed by atoms with E-state index in [-0.39, 0.29) is 35.5 Å². The summed E-state index contributed by atoms with van der Waals surface area (Å²) in [4.78, 5) is 23.3. The molecule has 0 saturated heterocycles. The Morgan fingerprint density at radius 2 is 1.65 bits per heavy atom. The molecule has 4 aliphatic carbocycles. The number of carboxylic acids is 1. The first kappa shape index (κ1) is 25.9. The van der Waals surface area contributed by atoms with Gasteiger partial charge in [0.25, 0.3) is 0 Å². The van der Waals surface area contributed by atoms with Crippen molar-refractivity contribution in [3.05, 3.63) is 0 Å². The summed E-state index contributed by atoms with van der Waals surface area (Å²) in [5.74, 6) is 1.41. The first-order valence-corrected chi connectivity index (χ1v) is 13.8. The van der Waals surface area contributed by atoms with E-state index in [1.54, 1.807) is 6.92 Å². The summed E-state index contributed by atoms with van der Waals surface area (Å²) in [5.41, 5.74) is 0.465. The molecule has 4 saturated carbocycles. The van der Waals surface area contributed by atoms with Crippen LogP contribution in [0.4, 0.5) is 0 Å². The number of aliphatic hydroxyl groups excluding tert-OH is 2. The SMILES string of the molecule is CC(CNC(=O)CCC(C)C1CCC2C3C(O)C[C@@H]4C[C@H](O)CC[C@]4(C)C3CC[C@]12C)C(=O)O. The fraction of sp³-hybridized carbons (Fsp3) is 0.929. The maximum atomic E-state index is 12.3. The minimum Gasteiger partial charge on any atom is -0.481 e. The zero-order valence-electron chi connectivity index (χ0n) is 21.6. The van der Waals surface area contributed by atoms with Crippen LogP contribution in [-0.4, -0.2) is 45.9 Å². The van der Waals surface area contributed by atoms with Crippen LogP contribution < -0.4 is 5.32 Å². The molecule has 0 aromatic heterocycles. The Balaban J connectivity index is 1.39. The molecular formula is C28H47NO5. The highest BCUT2D eigenvalue weighted by atomic mass is 16.4. The smallest absolute Gasteiger partial charge is 0.308 e. The molecule has 4 fully saturated rings. The van der Waals surface area contributed by atoms with Crippen LogP contribution in [0.15, 0.2) is 0 Å². The molecule has 0 spiro atoms. The molecule has 7 unspecified atom stereocenters. The molecule has 1 amide bonds. The molecule has 4 rings (SSSR count). The number of carbonyl (C=O) groups is 2. The number of hydrogen-bond donors (Lipinski definition) is 4. The number of carbonyl (C=O) groups excluding carboxylic acids is 1. The van der Waals surface area contributed by atoms with Crippen molar-refractivity contribution in [1.82, 2.24) is 5.32 Å². The average Bonchev–Trinajstić information content (AvgIpc) is 3.14. The molecule has 6 heteroatoms. The molecule has 194 valence electrons. The van der Waals surface area contributed by atoms with Gasteiger partial charge in [0.15, 0.2) is 0 Å². The van der Waals surface area contributed by atoms with Crippen LogP contribution in [0, 0.1) is 52.3 Å². The van der Waals surface area contributed by atoms with Crippen molar-refractivity contribution in [2.24, 2.45) is 52.3 Å². The van der Waals surface area contributed by atoms with E-state index < -0.39 is 11.9 Å². The third kappa shape index (κ3) is 4.54. The van der Waals surface area contributed by atoms with Crippen molar-refractivity contribution in [3.63, 3.8) is 0 Å². The first-order valence-electron chi connectivity index (χ1n) is 13.8. The molecule has 6 nitrogen and oxygen atoms in total. The van der Waals surface area contributed by atoms with Gasteiger partial charge in [0, 0.05) is 13.0 Å². The van der Waals surface area contributed by atoms with Crippen LogP contribution in [0.2, 0.25) is 0 Å². The standard InChI is InChI=1S/C28H47NO5/c1-16(5-8-24(32)29-15-17(2)26(33)34)20-6-7-21-25-22(10-12-28(20,21)4)27(3)11-9-19(30)13-18(27)14-23(25)31/h16-23,25,30-31H,5-15H2,1-4H3,(H,29,32)(H,33,34)/t16?,17?,18-,19+,20?,21?,22?,23?,25?,27-,28+/m0/s1. The normalized spacial score (nSPS) is 45.4. The zero-order valence-corrected chi connectivity index (χ0v) is 21.6. The molecular weight excluding hydrogens is 430 g/mol. The fourth-order valence-electron chi connectivity index (χ4n) is 9.18. The highest BCUT2D eigenvalue weighted by molar-refractivity contribution is 5.77. The minimum absolute atomic E-state index is 0.0514. The summed E-state index contributed by atoms with van der Waals surface area (Å²) in [6.07, 6.45) is 9.24. The molecule has 0 bridgehead atoms. The maximum Gasteiger partial charge on any atom is 0.308 e. The van der Waals surface area contributed by atoms with Gasteiger partial charge >= 0.3 is 5.97 Å². The highest BCUT2D eigenvalue weighted by Gasteiger charge is 2.62. The van der Waals surface area contributed by atoms with Gasteiger partial charge in [0.05, 0.1) is 18.1 Å². The molecule has 0 aromatic rings. The van der Waals surface area contributed by atoms with E-state index in [0.29, 0.717) is 41.9 Å². The summed E-state index contributed by atoms with van der Waals surface area (Å²) < 4.78 is 0. The summed E-state index contributed by atoms with van der Waals surface area (Å²) >= 11 is 0. The number of hydrogen-bond acceptors (Lipinski definition) is 4. The molecule has 11 atom stereocenters. The van der Waals surface area contributed by atoms with Gasteiger partial charge in [-0.1, -0.05) is 27.7 Å². The third-order valence-corrected chi connectivity index (χ3v) is 11.3. The average molecular weight is 478 g/mol. The predicted molar refractivity (Wildman–Crippen MR) is 131 cm³/mol. The van der Waals surface area contributed by atoms with Crippen molar-refractivity contribution >= 4 is 11.9 Å². The van der Waals surface area contributed by atoms with Gasteiger partial charge in [-0.2, -0.15) is 0 Å². The lowest BCUT2D eigenvalue weighted by molar-refractivity contribution is -0.174. The Kier molecular flexibility index (Phi) is 7.42. The third-order valence-electron chi connectivity index (χ3n) is 11.3. The van der Waals surface area contributed by atoms with Gasteiger partial charge in [-0.3, -0.25) is 9.59 Å². The van der Waals surface area contributed by atoms with E-state index in [4.69, 9.17) is 5.11 Å². The zero-order chi connectivity index (χ0) is 24.8. The Morgan fingerprint density at radius 3 is 2.35 bits per heavy atom. The molecule has 34 heavy (non-hydrogen) atoms. The molecule has 0 heterocycles. The minimum atomic E-state index is -0.885. The number of aliphatic hydroxyl groups is 2. The molecule has 0 radical (unpaired) electrons. The lowest BCUT2D eigenvalue weighted by Gasteiger charge is -2.62. The van der Waals surface area contributed by atoms with E-state index in [9.17, 15) is 19.8 Å². The van der Waals surface area contributed by atoms with Crippen LogP contribution in [-0.2, 0) is 9.59 Å². The van der Waals surface area contributed by atoms with Crippen molar-refractivity contribution < 1.29 is 24.9 Å². The van der Waals surface area contributed by atoms with Gasteiger partial charge in [-0.15, -0.1) is 0 Å². The van der Waals surface area contributed by atoms with Gasteiger partial charge in [0.2, 0.25) is 5.91 Å². The number of rotatable bonds is 7. The lowest BCUT2D eigenvalue weighted by Crippen LogP contribution is -2.58. The van der Waals surface area contributed by atoms with Crippen molar-refractivity contribution in [2.75, 3.05) is 6.54 Å². The van der Waals surface area contributed by atoms with E-state index in [0.717, 1.165) is 32.1 Å². The summed E-state index contributed by atoms with van der Waals surface area (Å²) in [7, 11) is 0. The lowest BCUT2D eigenvalue weighted by atomic mass is 9.43. The van der Waals surface area contributed by atoms with Crippen molar-refractivity contribution in [3.8, 4) is 0 Å². The van der Waals surface area contributed by atoms with Crippen LogP contribution in [0.5, 0.6) is 0 Å². The second-order valence-corrected chi connectivity index (χ2v) is 13.0. The Bertz CT molecular complexity index is 772. The topological polar surface area (TPSA) is 107 Å². The molecule has 4 N–H and O–H groups in total. The van der Waals surface area contributed by atoms with E-state index in [2.05, 4.69) is 26.1 Å². The van der Waals surface area contributed by atoms with Crippen LogP contribution >= 0.6 is 0 Å². The fourth-order valence-corrected chi connectivity index (χ4v) is 9.18. The van der Waals surface area contributed by atoms with Crippen LogP contribution in [0.3, 0.4) is 0 Å². The van der Waals surface area contributed by atoms with E-state index >= 15 is 0 Å². The second kappa shape index (κ2) is 9.72. The molecule has 0 aliphatic heterocycles. The maximum absolute atomic E-state index is 12.3. The van der Waals surface area contributed by atoms with E-state index in [1.807, 2.05) is 0 Å². The molecule has 4 aliphatic rings. The van der Waals surface area contributed by atoms with Gasteiger partial charge in [-0.25, -0.2) is 0 Å². The number of carboxylic acid groups (broad SMARTS) is 1. The Hall–Kier alpha value is -1.14. The monoisotopic (exact) mass is 477 g/mol. The molecule has 0 aromatic carbocycles. The van der Waals surface area contributed by atoms with E-state index in [1.165, 1.54) is 25.7 Å². The van der Waals surface area contributed by atoms with Gasteiger partial charge in [0.1, 0.15) is 0 Å². The quantitative estimate of drug-likeness (QED) is 0.439. The summed E-state index contributed by atoms with van der Waals surface area (Å²) in [6.45, 7) is 8.99. The Labute approximate surface area is 205 Å². The number of fused-ring (bicyclic) bond motifs is 5. The van der Waals surface area contributed by atoms with Gasteiger partial charge in [-0.05, 0) is 104 Å². The number of aliphatic carboxylic acids is 1. The predicted octanol–water partition coefficient (Wildman–Crippen LogP) is 4.23. The largest absolute Gasteiger partial charge is 0.481 e. The van der Waals surface area contributed by atoms with Crippen LogP contribution in [0.25, 0.3) is 0 Å². The first-order chi connectivity index (χ1) is 16.0. The van der Waals surface area contributed by atoms with Crippen LogP contribution in [0.1, 0.15) is 91.9 Å². The number of nitrogens with one attached hydrogen (secondary N) is 1.